The number of nitrogens with one attached hydrogen (secondary N) is 3. The number of rotatable bonds is 11. The summed E-state index contributed by atoms with van der Waals surface area (Å²) in [5, 5.41) is 16.0. The Bertz CT molecular complexity index is 2770. The lowest BCUT2D eigenvalue weighted by molar-refractivity contribution is -0.384. The number of H-pyrrole nitrogens is 1. The van der Waals surface area contributed by atoms with Crippen LogP contribution in [0.5, 0.6) is 5.88 Å². The quantitative estimate of drug-likeness (QED) is 0.0851. The van der Waals surface area contributed by atoms with Crippen LogP contribution < -0.4 is 24.6 Å². The minimum atomic E-state index is -4.58. The number of nitrogens with zero attached hydrogens (tertiary/aromatic N) is 5. The summed E-state index contributed by atoms with van der Waals surface area (Å²) in [5.74, 6) is -0.464. The van der Waals surface area contributed by atoms with Crippen molar-refractivity contribution in [3.05, 3.63) is 106 Å². The summed E-state index contributed by atoms with van der Waals surface area (Å²) in [4.78, 5) is 40.6. The average molecular weight is 933 g/mol. The molecule has 5 aromatic rings. The van der Waals surface area contributed by atoms with Crippen molar-refractivity contribution >= 4 is 55.4 Å². The Balaban J connectivity index is 0.894. The molecule has 3 aromatic carbocycles. The Kier molecular flexibility index (Phi) is 12.1. The lowest BCUT2D eigenvalue weighted by atomic mass is 9.59. The van der Waals surface area contributed by atoms with E-state index in [9.17, 15) is 23.3 Å². The third-order valence-electron chi connectivity index (χ3n) is 14.6. The number of sulfonamides is 1. The van der Waals surface area contributed by atoms with E-state index in [1.807, 2.05) is 35.4 Å². The van der Waals surface area contributed by atoms with Crippen molar-refractivity contribution in [2.45, 2.75) is 94.2 Å². The van der Waals surface area contributed by atoms with Crippen LogP contribution in [0.1, 0.15) is 93.2 Å². The van der Waals surface area contributed by atoms with Crippen molar-refractivity contribution in [1.82, 2.24) is 19.6 Å². The highest BCUT2D eigenvalue weighted by Crippen LogP contribution is 2.54. The standard InChI is InChI=1S/C50H60N8O8S/c1-49(2,3)40-9-5-4-8-38(40)42-10-6-19-56(42)35-29-50(30-35)16-21-55(22-17-50)34-11-13-39(43(27-34)57-20-7-23-66-48-45(57)26-33-15-18-51-46(33)53-48)47(59)54-67(62,63)37-12-14-41(44(28-37)58(60)61)52-31-36-32-64-24-25-65-36/h4-5,8-9,11-15,18,26-28,35-36,42,52H,6-7,10,16-17,19-25,29-32H2,1-3H3,(H,51,53)(H,54,59)/t36-,42-/m0/s1. The molecule has 10 rings (SSSR count). The fourth-order valence-corrected chi connectivity index (χ4v) is 12.1. The topological polar surface area (TPSA) is 185 Å². The zero-order chi connectivity index (χ0) is 46.5. The van der Waals surface area contributed by atoms with Gasteiger partial charge in [-0.3, -0.25) is 19.8 Å². The number of aromatic amines is 1. The number of carbonyl (C=O) groups is 1. The third kappa shape index (κ3) is 9.06. The van der Waals surface area contributed by atoms with E-state index in [-0.39, 0.29) is 29.3 Å². The smallest absolute Gasteiger partial charge is 0.293 e. The normalized spacial score (nSPS) is 21.4. The van der Waals surface area contributed by atoms with Gasteiger partial charge in [0.05, 0.1) is 53.6 Å². The number of pyridine rings is 1. The van der Waals surface area contributed by atoms with Gasteiger partial charge in [0.1, 0.15) is 17.0 Å². The maximum absolute atomic E-state index is 14.4. The van der Waals surface area contributed by atoms with Gasteiger partial charge in [-0.1, -0.05) is 45.0 Å². The van der Waals surface area contributed by atoms with Gasteiger partial charge in [0.25, 0.3) is 21.6 Å². The molecule has 17 heteroatoms. The molecule has 0 unspecified atom stereocenters. The van der Waals surface area contributed by atoms with Crippen molar-refractivity contribution in [2.75, 3.05) is 74.3 Å². The van der Waals surface area contributed by atoms with Crippen LogP contribution in [0.4, 0.5) is 28.4 Å². The summed E-state index contributed by atoms with van der Waals surface area (Å²) < 4.78 is 47.4. The monoisotopic (exact) mass is 932 g/mol. The molecule has 0 radical (unpaired) electrons. The van der Waals surface area contributed by atoms with Crippen molar-refractivity contribution in [3.63, 3.8) is 0 Å². The zero-order valence-corrected chi connectivity index (χ0v) is 39.3. The Morgan fingerprint density at radius 3 is 2.55 bits per heavy atom. The van der Waals surface area contributed by atoms with Gasteiger partial charge in [0, 0.05) is 61.6 Å². The molecule has 0 bridgehead atoms. The molecule has 3 N–H and O–H groups in total. The van der Waals surface area contributed by atoms with E-state index < -0.39 is 31.4 Å². The molecule has 354 valence electrons. The Labute approximate surface area is 391 Å². The lowest BCUT2D eigenvalue weighted by Gasteiger charge is -2.56. The van der Waals surface area contributed by atoms with Crippen LogP contribution in [0.3, 0.4) is 0 Å². The second kappa shape index (κ2) is 18.1. The van der Waals surface area contributed by atoms with Crippen LogP contribution in [-0.4, -0.2) is 105 Å². The molecule has 1 saturated carbocycles. The van der Waals surface area contributed by atoms with Crippen molar-refractivity contribution in [1.29, 1.82) is 0 Å². The SMILES string of the molecule is CC(C)(C)c1ccccc1[C@@H]1CCCN1C1CC2(CCN(c3ccc(C(=O)NS(=O)(=O)c4ccc(NC[C@H]5COCCO5)c([N+](=O)[O-])c4)c(N4CCCOc5nc6[nH]ccc6cc54)c3)CC2)C1. The maximum Gasteiger partial charge on any atom is 0.293 e. The van der Waals surface area contributed by atoms with Gasteiger partial charge in [-0.05, 0) is 116 Å². The fraction of sp³-hybridized carbons (Fsp3) is 0.480. The van der Waals surface area contributed by atoms with Gasteiger partial charge in [-0.15, -0.1) is 0 Å². The zero-order valence-electron chi connectivity index (χ0n) is 38.5. The average Bonchev–Trinajstić information content (AvgIpc) is 3.94. The molecule has 1 spiro atoms. The first kappa shape index (κ1) is 45.1. The predicted molar refractivity (Wildman–Crippen MR) is 257 cm³/mol. The van der Waals surface area contributed by atoms with Crippen molar-refractivity contribution in [2.24, 2.45) is 5.41 Å². The van der Waals surface area contributed by atoms with Gasteiger partial charge in [0.15, 0.2) is 0 Å². The van der Waals surface area contributed by atoms with E-state index in [4.69, 9.17) is 19.2 Å². The number of nitro groups is 1. The summed E-state index contributed by atoms with van der Waals surface area (Å²) in [6, 6.07) is 23.0. The third-order valence-corrected chi connectivity index (χ3v) is 15.9. The summed E-state index contributed by atoms with van der Waals surface area (Å²) in [6.45, 7) is 12.1. The number of carbonyl (C=O) groups excluding carboxylic acids is 1. The highest BCUT2D eigenvalue weighted by Gasteiger charge is 2.50. The maximum atomic E-state index is 14.4. The fourth-order valence-electron chi connectivity index (χ4n) is 11.1. The first-order valence-electron chi connectivity index (χ1n) is 23.7. The number of benzene rings is 3. The molecule has 4 fully saturated rings. The number of aromatic nitrogens is 2. The van der Waals surface area contributed by atoms with Crippen LogP contribution in [-0.2, 0) is 24.9 Å². The highest BCUT2D eigenvalue weighted by molar-refractivity contribution is 7.90. The predicted octanol–water partition coefficient (Wildman–Crippen LogP) is 8.22. The van der Waals surface area contributed by atoms with E-state index >= 15 is 0 Å². The molecule has 2 aromatic heterocycles. The molecule has 5 aliphatic rings. The molecule has 4 aliphatic heterocycles. The molecule has 3 saturated heterocycles. The minimum Gasteiger partial charge on any atom is -0.476 e. The van der Waals surface area contributed by atoms with E-state index in [2.05, 4.69) is 69.9 Å². The Morgan fingerprint density at radius 2 is 1.78 bits per heavy atom. The van der Waals surface area contributed by atoms with Gasteiger partial charge in [-0.2, -0.15) is 4.98 Å². The molecule has 1 amide bonds. The first-order chi connectivity index (χ1) is 32.2. The Hall–Kier alpha value is -5.75. The molecule has 16 nitrogen and oxygen atoms in total. The number of hydrogen-bond acceptors (Lipinski definition) is 13. The summed E-state index contributed by atoms with van der Waals surface area (Å²) in [7, 11) is -4.58. The lowest BCUT2D eigenvalue weighted by Crippen LogP contribution is -2.55. The molecule has 6 heterocycles. The van der Waals surface area contributed by atoms with Gasteiger partial charge in [-0.25, -0.2) is 13.1 Å². The number of ether oxygens (including phenoxy) is 3. The summed E-state index contributed by atoms with van der Waals surface area (Å²) in [5.41, 5.74) is 5.88. The number of anilines is 4. The summed E-state index contributed by atoms with van der Waals surface area (Å²) in [6.07, 6.45) is 9.06. The van der Waals surface area contributed by atoms with Crippen molar-refractivity contribution in [3.8, 4) is 5.88 Å². The van der Waals surface area contributed by atoms with E-state index in [0.29, 0.717) is 79.8 Å². The van der Waals surface area contributed by atoms with Crippen LogP contribution in [0.25, 0.3) is 11.0 Å². The second-order valence-corrected chi connectivity index (χ2v) is 21.6. The summed E-state index contributed by atoms with van der Waals surface area (Å²) >= 11 is 0. The van der Waals surface area contributed by atoms with Crippen LogP contribution >= 0.6 is 0 Å². The van der Waals surface area contributed by atoms with E-state index in [1.54, 1.807) is 6.07 Å². The molecular formula is C50H60N8O8S. The van der Waals surface area contributed by atoms with E-state index in [0.717, 1.165) is 49.6 Å². The molecule has 2 atom stereocenters. The number of hydrogen-bond donors (Lipinski definition) is 3. The Morgan fingerprint density at radius 1 is 0.955 bits per heavy atom. The number of amides is 1. The highest BCUT2D eigenvalue weighted by atomic mass is 32.2. The van der Waals surface area contributed by atoms with Crippen LogP contribution in [0, 0.1) is 15.5 Å². The van der Waals surface area contributed by atoms with E-state index in [1.165, 1.54) is 48.9 Å². The van der Waals surface area contributed by atoms with Gasteiger partial charge < -0.3 is 34.3 Å². The van der Waals surface area contributed by atoms with Crippen LogP contribution in [0.15, 0.2) is 83.9 Å². The molecular weight excluding hydrogens is 873 g/mol. The first-order valence-corrected chi connectivity index (χ1v) is 25.2. The second-order valence-electron chi connectivity index (χ2n) is 19.9. The number of fused-ring (bicyclic) bond motifs is 2. The van der Waals surface area contributed by atoms with Crippen molar-refractivity contribution < 1.29 is 32.3 Å². The van der Waals surface area contributed by atoms with Gasteiger partial charge in [0.2, 0.25) is 5.88 Å². The largest absolute Gasteiger partial charge is 0.476 e. The number of nitro benzene ring substituents is 1. The van der Waals surface area contributed by atoms with Gasteiger partial charge >= 0.3 is 0 Å². The number of piperidine rings is 1. The molecule has 1 aliphatic carbocycles. The minimum absolute atomic E-state index is 0.0892. The molecule has 67 heavy (non-hydrogen) atoms. The van der Waals surface area contributed by atoms with Crippen LogP contribution in [0.2, 0.25) is 0 Å². The number of likely N-dealkylation sites (tertiary alicyclic amines) is 1.